The number of imidazole rings is 2. The Balaban J connectivity index is 0.939. The predicted molar refractivity (Wildman–Crippen MR) is 212 cm³/mol. The number of likely N-dealkylation sites (tertiary alicyclic amines) is 1. The van der Waals surface area contributed by atoms with E-state index in [1.165, 1.54) is 19.8 Å². The van der Waals surface area contributed by atoms with Gasteiger partial charge in [-0.2, -0.15) is 0 Å². The Morgan fingerprint density at radius 2 is 1.61 bits per heavy atom. The predicted octanol–water partition coefficient (Wildman–Crippen LogP) is 5.19. The van der Waals surface area contributed by atoms with Gasteiger partial charge in [0.15, 0.2) is 0 Å². The summed E-state index contributed by atoms with van der Waals surface area (Å²) in [7, 11) is 2.59. The van der Waals surface area contributed by atoms with Gasteiger partial charge in [0.1, 0.15) is 23.7 Å². The van der Waals surface area contributed by atoms with E-state index in [0.717, 1.165) is 69.9 Å². The number of hydrogen-bond acceptors (Lipinski definition) is 9. The van der Waals surface area contributed by atoms with E-state index in [1.807, 2.05) is 24.8 Å². The second-order valence-corrected chi connectivity index (χ2v) is 15.9. The van der Waals surface area contributed by atoms with Gasteiger partial charge in [-0.1, -0.05) is 44.2 Å². The average molecular weight is 779 g/mol. The van der Waals surface area contributed by atoms with Crippen LogP contribution in [0.5, 0.6) is 0 Å². The molecule has 300 valence electrons. The fourth-order valence-corrected chi connectivity index (χ4v) is 8.62. The zero-order valence-corrected chi connectivity index (χ0v) is 32.7. The highest BCUT2D eigenvalue weighted by Crippen LogP contribution is 2.53. The smallest absolute Gasteiger partial charge is 0.407 e. The van der Waals surface area contributed by atoms with Gasteiger partial charge in [-0.25, -0.2) is 19.6 Å². The molecule has 2 aliphatic heterocycles. The summed E-state index contributed by atoms with van der Waals surface area (Å²) >= 11 is 0. The van der Waals surface area contributed by atoms with Crippen LogP contribution in [0.15, 0.2) is 48.5 Å². The summed E-state index contributed by atoms with van der Waals surface area (Å²) in [5.74, 6) is 1.31. The number of benzene rings is 3. The van der Waals surface area contributed by atoms with Crippen LogP contribution in [0, 0.1) is 17.8 Å². The summed E-state index contributed by atoms with van der Waals surface area (Å²) in [6, 6.07) is 15.4. The van der Waals surface area contributed by atoms with E-state index in [2.05, 4.69) is 78.1 Å². The average Bonchev–Trinajstić information content (AvgIpc) is 3.52. The Morgan fingerprint density at radius 3 is 2.37 bits per heavy atom. The molecule has 8 rings (SSSR count). The molecule has 0 bridgehead atoms. The van der Waals surface area contributed by atoms with E-state index >= 15 is 0 Å². The van der Waals surface area contributed by atoms with E-state index in [0.29, 0.717) is 37.8 Å². The highest BCUT2D eigenvalue weighted by Gasteiger charge is 2.56. The molecule has 15 nitrogen and oxygen atoms in total. The molecule has 4 heterocycles. The van der Waals surface area contributed by atoms with Crippen LogP contribution in [0.3, 0.4) is 0 Å². The maximum absolute atomic E-state index is 14.3. The molecule has 5 N–H and O–H groups in total. The van der Waals surface area contributed by atoms with Crippen LogP contribution in [0.4, 0.5) is 9.59 Å². The Labute approximate surface area is 330 Å². The molecule has 5 atom stereocenters. The molecule has 4 amide bonds. The van der Waals surface area contributed by atoms with E-state index in [1.54, 1.807) is 0 Å². The highest BCUT2D eigenvalue weighted by atomic mass is 16.5. The monoisotopic (exact) mass is 778 g/mol. The number of alkyl carbamates (subject to hydrolysis) is 2. The summed E-state index contributed by atoms with van der Waals surface area (Å²) < 4.78 is 15.1. The number of amides is 4. The first kappa shape index (κ1) is 38.2. The van der Waals surface area contributed by atoms with Gasteiger partial charge in [-0.15, -0.1) is 0 Å². The van der Waals surface area contributed by atoms with E-state index in [4.69, 9.17) is 14.5 Å². The maximum atomic E-state index is 14.3. The number of carbonyl (C=O) groups is 4. The van der Waals surface area contributed by atoms with Crippen LogP contribution < -0.4 is 16.0 Å². The van der Waals surface area contributed by atoms with Crippen LogP contribution in [0.2, 0.25) is 0 Å². The third kappa shape index (κ3) is 7.98. The molecule has 3 aromatic carbocycles. The Morgan fingerprint density at radius 1 is 0.877 bits per heavy atom. The second kappa shape index (κ2) is 16.0. The number of nitrogens with zero attached hydrogens (tertiary/aromatic N) is 3. The number of aryl methyl sites for hydroxylation is 2. The lowest BCUT2D eigenvalue weighted by atomic mass is 9.90. The number of rotatable bonds is 12. The number of nitrogens with one attached hydrogen (secondary N) is 5. The summed E-state index contributed by atoms with van der Waals surface area (Å²) in [5, 5.41) is 10.4. The molecule has 3 fully saturated rings. The molecule has 0 unspecified atom stereocenters. The van der Waals surface area contributed by atoms with Crippen LogP contribution >= 0.6 is 0 Å². The fourth-order valence-electron chi connectivity index (χ4n) is 8.62. The van der Waals surface area contributed by atoms with Gasteiger partial charge in [-0.05, 0) is 91.0 Å². The largest absolute Gasteiger partial charge is 0.453 e. The first-order chi connectivity index (χ1) is 27.6. The zero-order valence-electron chi connectivity index (χ0n) is 32.7. The fraction of sp³-hybridized carbons (Fsp3) is 0.476. The van der Waals surface area contributed by atoms with Crippen molar-refractivity contribution in [2.45, 2.75) is 83.1 Å². The van der Waals surface area contributed by atoms with Crippen LogP contribution in [0.25, 0.3) is 32.8 Å². The molecule has 0 spiro atoms. The van der Waals surface area contributed by atoms with Crippen LogP contribution in [-0.4, -0.2) is 94.4 Å². The van der Waals surface area contributed by atoms with Crippen molar-refractivity contribution in [3.05, 3.63) is 71.3 Å². The number of ether oxygens (including phenoxy) is 3. The van der Waals surface area contributed by atoms with Gasteiger partial charge in [0, 0.05) is 24.6 Å². The number of hydrogen-bond donors (Lipinski definition) is 5. The first-order valence-corrected chi connectivity index (χ1v) is 19.9. The lowest BCUT2D eigenvalue weighted by molar-refractivity contribution is -0.138. The Hall–Kier alpha value is -5.70. The lowest BCUT2D eigenvalue weighted by Crippen LogP contribution is -2.54. The third-order valence-corrected chi connectivity index (χ3v) is 11.8. The number of aromatic amines is 2. The van der Waals surface area contributed by atoms with Crippen molar-refractivity contribution < 1.29 is 33.4 Å². The minimum absolute atomic E-state index is 0.0206. The van der Waals surface area contributed by atoms with Gasteiger partial charge in [-0.3, -0.25) is 9.59 Å². The first-order valence-electron chi connectivity index (χ1n) is 19.9. The third-order valence-electron chi connectivity index (χ3n) is 11.8. The van der Waals surface area contributed by atoms with E-state index in [-0.39, 0.29) is 42.3 Å². The van der Waals surface area contributed by atoms with Crippen LogP contribution in [0.1, 0.15) is 68.3 Å². The molecule has 3 aliphatic rings. The van der Waals surface area contributed by atoms with Gasteiger partial charge >= 0.3 is 12.2 Å². The molecule has 0 radical (unpaired) electrons. The highest BCUT2D eigenvalue weighted by molar-refractivity contribution is 6.04. The molecule has 1 aliphatic carbocycles. The van der Waals surface area contributed by atoms with Crippen molar-refractivity contribution in [2.24, 2.45) is 17.8 Å². The van der Waals surface area contributed by atoms with Gasteiger partial charge in [0.25, 0.3) is 0 Å². The van der Waals surface area contributed by atoms with Gasteiger partial charge in [0.2, 0.25) is 11.8 Å². The molecule has 15 heteroatoms. The molecule has 2 aromatic heterocycles. The molecule has 5 aromatic rings. The normalized spacial score (nSPS) is 20.4. The standard InChI is InChI=1S/C42H50N8O7/c1-22(2)35(48-41(53)55-3)39(51)43-21-34-44-29-11-8-24(18-31(29)45-34)6-5-23-7-10-28-26(17-23)9-12-30-37(28)47-38(46-30)33-20-27-19-32(27)50(33)40(52)36(49-42(54)56-4)25-13-15-57-16-14-25/h7-12,17-18,22,25,27,32-33,35-36H,5-6,13-16,19-21H2,1-4H3,(H,43,51)(H,44,45)(H,46,47)(H,48,53)(H,49,54)/t27-,32-,33+,35+,36+/m1/s1. The van der Waals surface area contributed by atoms with Crippen molar-refractivity contribution in [1.82, 2.24) is 40.8 Å². The van der Waals surface area contributed by atoms with Crippen molar-refractivity contribution >= 4 is 56.8 Å². The lowest BCUT2D eigenvalue weighted by Gasteiger charge is -2.35. The van der Waals surface area contributed by atoms with Crippen LogP contribution in [-0.2, 0) is 43.2 Å². The van der Waals surface area contributed by atoms with E-state index < -0.39 is 24.3 Å². The summed E-state index contributed by atoms with van der Waals surface area (Å²) in [6.07, 6.45) is 3.63. The van der Waals surface area contributed by atoms with Gasteiger partial charge in [0.05, 0.1) is 48.9 Å². The number of H-pyrrole nitrogens is 2. The van der Waals surface area contributed by atoms with E-state index in [9.17, 15) is 19.2 Å². The summed E-state index contributed by atoms with van der Waals surface area (Å²) in [4.78, 5) is 69.8. The minimum Gasteiger partial charge on any atom is -0.453 e. The maximum Gasteiger partial charge on any atom is 0.407 e. The van der Waals surface area contributed by atoms with Gasteiger partial charge < -0.3 is 45.0 Å². The van der Waals surface area contributed by atoms with Crippen molar-refractivity contribution in [3.63, 3.8) is 0 Å². The minimum atomic E-state index is -0.725. The molecule has 57 heavy (non-hydrogen) atoms. The van der Waals surface area contributed by atoms with Crippen molar-refractivity contribution in [3.8, 4) is 0 Å². The number of methoxy groups -OCH3 is 2. The molecule has 1 saturated carbocycles. The SMILES string of the molecule is COC(=O)N[C@H](C(=O)NCc1nc2ccc(CCc3ccc4c(ccc5[nH]c([C@@H]6C[C@H]7C[C@H]7N6C(=O)[C@@H](NC(=O)OC)C6CCOCC6)nc54)c3)cc2[nH]1)C(C)C. The molecular formula is C42H50N8O7. The Bertz CT molecular complexity index is 2310. The molecule has 2 saturated heterocycles. The number of piperidine rings is 1. The number of fused-ring (bicyclic) bond motifs is 5. The zero-order chi connectivity index (χ0) is 39.8. The quantitative estimate of drug-likeness (QED) is 0.113. The number of carbonyl (C=O) groups excluding carboxylic acids is 4. The van der Waals surface area contributed by atoms with Crippen molar-refractivity contribution in [2.75, 3.05) is 27.4 Å². The van der Waals surface area contributed by atoms with Crippen molar-refractivity contribution in [1.29, 1.82) is 0 Å². The topological polar surface area (TPSA) is 193 Å². The molecular weight excluding hydrogens is 729 g/mol. The summed E-state index contributed by atoms with van der Waals surface area (Å²) in [5.41, 5.74) is 5.87. The second-order valence-electron chi connectivity index (χ2n) is 15.9. The Kier molecular flexibility index (Phi) is 10.7. The summed E-state index contributed by atoms with van der Waals surface area (Å²) in [6.45, 7) is 5.03. The number of aromatic nitrogens is 4.